The van der Waals surface area contributed by atoms with Gasteiger partial charge in [-0.15, -0.1) is 0 Å². The van der Waals surface area contributed by atoms with Crippen molar-refractivity contribution in [3.8, 4) is 5.75 Å². The Kier molecular flexibility index (Phi) is 5.44. The van der Waals surface area contributed by atoms with Gasteiger partial charge in [0.15, 0.2) is 0 Å². The van der Waals surface area contributed by atoms with E-state index in [1.165, 1.54) is 20.3 Å². The molecule has 0 N–H and O–H groups in total. The third-order valence-electron chi connectivity index (χ3n) is 1.97. The number of amides is 1. The summed E-state index contributed by atoms with van der Waals surface area (Å²) >= 11 is 1.49. The summed E-state index contributed by atoms with van der Waals surface area (Å²) in [4.78, 5) is 11.4. The van der Waals surface area contributed by atoms with Crippen molar-refractivity contribution in [2.24, 2.45) is 3.42 Å². The van der Waals surface area contributed by atoms with E-state index in [9.17, 15) is 4.79 Å². The van der Waals surface area contributed by atoms with Crippen LogP contribution in [-0.4, -0.2) is 12.5 Å². The Hall–Kier alpha value is -0.796. The van der Waals surface area contributed by atoms with Crippen LogP contribution in [0.15, 0.2) is 27.7 Å². The first-order chi connectivity index (χ1) is 7.29. The second-order valence-corrected chi connectivity index (χ2v) is 3.46. The van der Waals surface area contributed by atoms with E-state index in [-0.39, 0.29) is 5.91 Å². The number of hydrogen-bond donors (Lipinski definition) is 0. The maximum absolute atomic E-state index is 11.4. The van der Waals surface area contributed by atoms with E-state index in [1.54, 1.807) is 12.1 Å². The quantitative estimate of drug-likeness (QED) is 0.585. The SMILES string of the molecule is CCCCOc1ccccc1C(=O)[N]=[Ti]. The monoisotopic (exact) mass is 239 g/mol. The molecule has 0 aliphatic heterocycles. The summed E-state index contributed by atoms with van der Waals surface area (Å²) in [5.74, 6) is 0.392. The number of hydrogen-bond acceptors (Lipinski definition) is 2. The normalized spacial score (nSPS) is 9.60. The van der Waals surface area contributed by atoms with Crippen LogP contribution in [0.1, 0.15) is 30.1 Å². The molecule has 1 rings (SSSR count). The number of carbonyl (C=O) groups is 1. The number of rotatable bonds is 5. The first kappa shape index (κ1) is 12.3. The fraction of sp³-hybridized carbons (Fsp3) is 0.364. The zero-order chi connectivity index (χ0) is 11.1. The van der Waals surface area contributed by atoms with Crippen LogP contribution in [-0.2, 0) is 20.3 Å². The summed E-state index contributed by atoms with van der Waals surface area (Å²) in [5.41, 5.74) is 0.538. The van der Waals surface area contributed by atoms with Gasteiger partial charge in [-0.1, -0.05) is 0 Å². The molecule has 0 fully saturated rings. The molecule has 4 heteroatoms. The third-order valence-corrected chi connectivity index (χ3v) is 2.29. The van der Waals surface area contributed by atoms with Gasteiger partial charge in [0.05, 0.1) is 0 Å². The average molecular weight is 239 g/mol. The number of benzene rings is 1. The van der Waals surface area contributed by atoms with Crippen molar-refractivity contribution in [1.82, 2.24) is 0 Å². The van der Waals surface area contributed by atoms with Crippen molar-refractivity contribution in [2.45, 2.75) is 19.8 Å². The van der Waals surface area contributed by atoms with Gasteiger partial charge in [0.25, 0.3) is 0 Å². The minimum atomic E-state index is -0.234. The van der Waals surface area contributed by atoms with E-state index in [2.05, 4.69) is 10.3 Å². The molecule has 0 heterocycles. The average Bonchev–Trinajstić information content (AvgIpc) is 2.29. The van der Waals surface area contributed by atoms with E-state index < -0.39 is 0 Å². The Morgan fingerprint density at radius 3 is 2.87 bits per heavy atom. The summed E-state index contributed by atoms with van der Waals surface area (Å²) in [6, 6.07) is 7.20. The number of para-hydroxylation sites is 1. The van der Waals surface area contributed by atoms with Crippen LogP contribution in [0.5, 0.6) is 5.75 Å². The molecular weight excluding hydrogens is 226 g/mol. The molecule has 0 saturated carbocycles. The van der Waals surface area contributed by atoms with E-state index in [0.29, 0.717) is 17.9 Å². The Balaban J connectivity index is 2.77. The van der Waals surface area contributed by atoms with Crippen LogP contribution in [0.4, 0.5) is 0 Å². The van der Waals surface area contributed by atoms with Crippen LogP contribution in [0.3, 0.4) is 0 Å². The Morgan fingerprint density at radius 2 is 2.20 bits per heavy atom. The molecule has 0 saturated heterocycles. The van der Waals surface area contributed by atoms with Crippen LogP contribution in [0.25, 0.3) is 0 Å². The van der Waals surface area contributed by atoms with Gasteiger partial charge in [0.2, 0.25) is 0 Å². The number of ether oxygens (including phenoxy) is 1. The van der Waals surface area contributed by atoms with Gasteiger partial charge >= 0.3 is 101 Å². The molecule has 1 aromatic carbocycles. The molecule has 0 bridgehead atoms. The summed E-state index contributed by atoms with van der Waals surface area (Å²) in [5, 5.41) is 0. The second kappa shape index (κ2) is 6.64. The molecular formula is C11H13NO2Ti. The number of carbonyl (C=O) groups excluding carboxylic acids is 1. The van der Waals surface area contributed by atoms with Gasteiger partial charge in [-0.05, 0) is 0 Å². The van der Waals surface area contributed by atoms with Crippen LogP contribution < -0.4 is 4.74 Å². The zero-order valence-electron chi connectivity index (χ0n) is 8.69. The molecule has 1 aromatic rings. The van der Waals surface area contributed by atoms with Crippen molar-refractivity contribution in [2.75, 3.05) is 6.61 Å². The van der Waals surface area contributed by atoms with E-state index in [0.717, 1.165) is 12.8 Å². The zero-order valence-corrected chi connectivity index (χ0v) is 10.3. The molecule has 3 nitrogen and oxygen atoms in total. The van der Waals surface area contributed by atoms with Crippen molar-refractivity contribution in [3.63, 3.8) is 0 Å². The first-order valence-corrected chi connectivity index (χ1v) is 5.63. The molecule has 0 atom stereocenters. The molecule has 15 heavy (non-hydrogen) atoms. The standard InChI is InChI=1S/C11H13NO2.Ti/c1-2-3-8-14-10-7-5-4-6-9(10)11(12)13;/h4-7H,2-3,8H2,1H3;. The van der Waals surface area contributed by atoms with Crippen molar-refractivity contribution < 1.29 is 29.8 Å². The van der Waals surface area contributed by atoms with Gasteiger partial charge in [-0.3, -0.25) is 0 Å². The molecule has 1 amide bonds. The van der Waals surface area contributed by atoms with E-state index in [4.69, 9.17) is 4.74 Å². The Morgan fingerprint density at radius 1 is 1.47 bits per heavy atom. The summed E-state index contributed by atoms with van der Waals surface area (Å²) in [6.07, 6.45) is 2.07. The molecule has 0 aromatic heterocycles. The topological polar surface area (TPSA) is 38.7 Å². The predicted molar refractivity (Wildman–Crippen MR) is 53.6 cm³/mol. The van der Waals surface area contributed by atoms with Crippen molar-refractivity contribution >= 4 is 5.91 Å². The summed E-state index contributed by atoms with van der Waals surface area (Å²) in [7, 11) is 0. The van der Waals surface area contributed by atoms with Crippen molar-refractivity contribution in [3.05, 3.63) is 29.8 Å². The van der Waals surface area contributed by atoms with Gasteiger partial charge in [-0.2, -0.15) is 0 Å². The van der Waals surface area contributed by atoms with Crippen LogP contribution >= 0.6 is 0 Å². The summed E-state index contributed by atoms with van der Waals surface area (Å²) in [6.45, 7) is 2.74. The van der Waals surface area contributed by atoms with Gasteiger partial charge in [0.1, 0.15) is 0 Å². The van der Waals surface area contributed by atoms with E-state index in [1.807, 2.05) is 12.1 Å². The van der Waals surface area contributed by atoms with E-state index >= 15 is 0 Å². The first-order valence-electron chi connectivity index (χ1n) is 4.93. The minimum absolute atomic E-state index is 0.234. The van der Waals surface area contributed by atoms with Gasteiger partial charge in [0, 0.05) is 0 Å². The van der Waals surface area contributed by atoms with Crippen molar-refractivity contribution in [1.29, 1.82) is 0 Å². The molecule has 0 radical (unpaired) electrons. The Labute approximate surface area is 101 Å². The van der Waals surface area contributed by atoms with Crippen LogP contribution in [0.2, 0.25) is 0 Å². The maximum atomic E-state index is 11.4. The molecule has 78 valence electrons. The summed E-state index contributed by atoms with van der Waals surface area (Å²) < 4.78 is 9.15. The molecule has 0 aliphatic rings. The van der Waals surface area contributed by atoms with Crippen LogP contribution in [0, 0.1) is 0 Å². The van der Waals surface area contributed by atoms with Gasteiger partial charge < -0.3 is 0 Å². The van der Waals surface area contributed by atoms with Gasteiger partial charge in [-0.25, -0.2) is 0 Å². The fourth-order valence-electron chi connectivity index (χ4n) is 1.16. The third kappa shape index (κ3) is 3.69. The fourth-order valence-corrected chi connectivity index (χ4v) is 1.34. The predicted octanol–water partition coefficient (Wildman–Crippen LogP) is 2.74. The number of unbranched alkanes of at least 4 members (excludes halogenated alkanes) is 1. The Bertz CT molecular complexity index is 352. The molecule has 0 spiro atoms. The second-order valence-electron chi connectivity index (χ2n) is 3.12. The number of nitrogens with zero attached hydrogens (tertiary/aromatic N) is 1. The molecule has 0 unspecified atom stereocenters. The molecule has 0 aliphatic carbocycles.